The number of nitrogens with two attached hydrogens (primary N) is 4. The van der Waals surface area contributed by atoms with Gasteiger partial charge in [0.15, 0.2) is 5.96 Å². The molecule has 0 aromatic rings. The molecule has 0 heterocycles. The maximum absolute atomic E-state index is 13.5. The molecule has 0 aliphatic rings. The van der Waals surface area contributed by atoms with Crippen molar-refractivity contribution in [1.29, 1.82) is 5.41 Å². The third-order valence-corrected chi connectivity index (χ3v) is 7.88. The van der Waals surface area contributed by atoms with Gasteiger partial charge in [0.1, 0.15) is 30.2 Å². The summed E-state index contributed by atoms with van der Waals surface area (Å²) in [6.45, 7) is 0.726. The average Bonchev–Trinajstić information content (AvgIpc) is 3.05. The lowest BCUT2D eigenvalue weighted by Crippen LogP contribution is -2.59. The fourth-order valence-corrected chi connectivity index (χ4v) is 4.75. The van der Waals surface area contributed by atoms with E-state index in [1.807, 2.05) is 0 Å². The zero-order chi connectivity index (χ0) is 38.2. The van der Waals surface area contributed by atoms with Crippen molar-refractivity contribution in [2.75, 3.05) is 31.1 Å². The molecular weight excluding hydrogens is 699 g/mol. The van der Waals surface area contributed by atoms with Crippen LogP contribution in [0.4, 0.5) is 0 Å². The summed E-state index contributed by atoms with van der Waals surface area (Å²) in [6.07, 6.45) is 1.04. The first-order valence-electron chi connectivity index (χ1n) is 16.0. The highest BCUT2D eigenvalue weighted by molar-refractivity contribution is 7.80. The first-order valence-corrected chi connectivity index (χ1v) is 17.3. The average molecular weight is 752 g/mol. The molecule has 0 aliphatic carbocycles. The van der Waals surface area contributed by atoms with Gasteiger partial charge in [-0.1, -0.05) is 0 Å². The maximum atomic E-state index is 13.5. The van der Waals surface area contributed by atoms with Gasteiger partial charge in [0.2, 0.25) is 29.5 Å². The summed E-state index contributed by atoms with van der Waals surface area (Å²) >= 11 is 7.90. The van der Waals surface area contributed by atoms with Crippen LogP contribution < -0.4 is 54.8 Å². The molecule has 0 saturated carbocycles. The molecule has 0 saturated heterocycles. The molecule has 6 atom stereocenters. The Balaban J connectivity index is 6.16. The van der Waals surface area contributed by atoms with Crippen molar-refractivity contribution in [1.82, 2.24) is 31.9 Å². The van der Waals surface area contributed by atoms with Gasteiger partial charge in [0, 0.05) is 18.1 Å². The first-order chi connectivity index (χ1) is 23.6. The molecule has 22 heteroatoms. The fraction of sp³-hybridized carbons (Fsp3) is 0.714. The van der Waals surface area contributed by atoms with E-state index in [0.29, 0.717) is 25.7 Å². The number of carboxylic acid groups (broad SMARTS) is 2. The molecule has 286 valence electrons. The molecule has 0 aliphatic heterocycles. The minimum absolute atomic E-state index is 0.0172. The van der Waals surface area contributed by atoms with Crippen molar-refractivity contribution >= 4 is 72.7 Å². The van der Waals surface area contributed by atoms with Crippen LogP contribution in [0, 0.1) is 5.41 Å². The van der Waals surface area contributed by atoms with E-state index in [2.05, 4.69) is 57.2 Å². The van der Waals surface area contributed by atoms with Crippen molar-refractivity contribution in [3.05, 3.63) is 0 Å². The van der Waals surface area contributed by atoms with Crippen LogP contribution in [-0.2, 0) is 33.6 Å². The summed E-state index contributed by atoms with van der Waals surface area (Å²) in [5, 5.41) is 40.7. The highest BCUT2D eigenvalue weighted by atomic mass is 32.1. The number of guanidine groups is 1. The zero-order valence-electron chi connectivity index (χ0n) is 27.8. The summed E-state index contributed by atoms with van der Waals surface area (Å²) in [5.74, 6) is -7.72. The Labute approximate surface area is 301 Å². The van der Waals surface area contributed by atoms with Gasteiger partial charge in [-0.25, -0.2) is 4.79 Å². The molecule has 0 aromatic carbocycles. The minimum atomic E-state index is -1.72. The number of carbonyl (C=O) groups excluding carboxylic acids is 5. The number of aliphatic carboxylic acids is 2. The van der Waals surface area contributed by atoms with E-state index in [4.69, 9.17) is 28.3 Å². The van der Waals surface area contributed by atoms with Gasteiger partial charge in [-0.05, 0) is 64.5 Å². The smallest absolute Gasteiger partial charge is 0.327 e. The summed E-state index contributed by atoms with van der Waals surface area (Å²) < 4.78 is 0. The predicted molar refractivity (Wildman–Crippen MR) is 190 cm³/mol. The Morgan fingerprint density at radius 1 is 0.600 bits per heavy atom. The molecule has 0 unspecified atom stereocenters. The highest BCUT2D eigenvalue weighted by Crippen LogP contribution is 2.08. The monoisotopic (exact) mass is 751 g/mol. The lowest BCUT2D eigenvalue weighted by atomic mass is 10.0. The summed E-state index contributed by atoms with van der Waals surface area (Å²) in [7, 11) is 0. The number of hydrogen-bond donors (Lipinski definition) is 15. The van der Waals surface area contributed by atoms with Gasteiger partial charge in [-0.15, -0.1) is 0 Å². The van der Waals surface area contributed by atoms with Gasteiger partial charge in [0.05, 0.1) is 12.5 Å². The number of unbranched alkanes of at least 4 members (excludes halogenated alkanes) is 2. The Morgan fingerprint density at radius 3 is 1.38 bits per heavy atom. The third-order valence-electron chi connectivity index (χ3n) is 7.12. The molecule has 50 heavy (non-hydrogen) atoms. The molecule has 20 nitrogen and oxygen atoms in total. The van der Waals surface area contributed by atoms with Crippen LogP contribution in [0.15, 0.2) is 0 Å². The first kappa shape index (κ1) is 46.1. The van der Waals surface area contributed by atoms with Gasteiger partial charge in [-0.3, -0.25) is 34.2 Å². The summed E-state index contributed by atoms with van der Waals surface area (Å²) in [5.41, 5.74) is 22.2. The normalized spacial score (nSPS) is 14.4. The predicted octanol–water partition coefficient (Wildman–Crippen LogP) is -4.32. The Bertz CT molecular complexity index is 1150. The molecule has 5 amide bonds. The number of carboxylic acids is 2. The van der Waals surface area contributed by atoms with Gasteiger partial charge in [-0.2, -0.15) is 25.3 Å². The Hall–Kier alpha value is -3.86. The van der Waals surface area contributed by atoms with E-state index >= 15 is 0 Å². The van der Waals surface area contributed by atoms with Crippen molar-refractivity contribution in [3.63, 3.8) is 0 Å². The lowest BCUT2D eigenvalue weighted by Gasteiger charge is -2.27. The van der Waals surface area contributed by atoms with E-state index in [1.165, 1.54) is 0 Å². The quantitative estimate of drug-likeness (QED) is 0.0163. The molecular formula is C28H53N11O9S2. The second-order valence-electron chi connectivity index (χ2n) is 11.3. The van der Waals surface area contributed by atoms with Crippen LogP contribution in [0.1, 0.15) is 57.8 Å². The highest BCUT2D eigenvalue weighted by Gasteiger charge is 2.33. The van der Waals surface area contributed by atoms with Crippen LogP contribution in [0.2, 0.25) is 0 Å². The number of nitrogens with one attached hydrogen (secondary N) is 7. The van der Waals surface area contributed by atoms with Crippen molar-refractivity contribution in [2.45, 2.75) is 94.0 Å². The minimum Gasteiger partial charge on any atom is -0.481 e. The molecule has 0 fully saturated rings. The van der Waals surface area contributed by atoms with Crippen LogP contribution in [-0.4, -0.2) is 125 Å². The maximum Gasteiger partial charge on any atom is 0.327 e. The standard InChI is InChI=1S/C28H53N11O9S2/c29-9-3-1-6-16(36-23(43)18(8-5-11-34-28(32)33)35-22(42)15(31)13-49)24(44)38-19(12-21(40)41)26(46)37-17(7-2-4-10-30)25(45)39-20(14-50)27(47)48/h15-20,49-50H,1-14,29-31H2,(H,35,42)(H,36,43)(H,37,46)(H,38,44)(H,39,45)(H,40,41)(H,47,48)(H4,32,33,34)/t15-,16-,17-,18-,19-,20-/m0/s1. The van der Waals surface area contributed by atoms with E-state index in [-0.39, 0.29) is 62.8 Å². The van der Waals surface area contributed by atoms with Crippen molar-refractivity contribution in [3.8, 4) is 0 Å². The van der Waals surface area contributed by atoms with E-state index < -0.39 is 84.1 Å². The molecule has 17 N–H and O–H groups in total. The topological polar surface area (TPSA) is 360 Å². The van der Waals surface area contributed by atoms with Crippen molar-refractivity contribution < 1.29 is 43.8 Å². The summed E-state index contributed by atoms with van der Waals surface area (Å²) in [4.78, 5) is 88.9. The SMILES string of the molecule is N=C(N)NCCC[C@H](NC(=O)[C@@H](N)CS)C(=O)N[C@@H](CCCCN)C(=O)N[C@@H](CC(=O)O)C(=O)N[C@@H](CCCCN)C(=O)N[C@@H](CS)C(=O)O. The van der Waals surface area contributed by atoms with E-state index in [1.54, 1.807) is 0 Å². The number of rotatable bonds is 27. The fourth-order valence-electron chi connectivity index (χ4n) is 4.34. The number of thiol groups is 2. The van der Waals surface area contributed by atoms with Gasteiger partial charge in [0.25, 0.3) is 0 Å². The van der Waals surface area contributed by atoms with Gasteiger partial charge >= 0.3 is 11.9 Å². The van der Waals surface area contributed by atoms with E-state index in [9.17, 15) is 43.8 Å². The second kappa shape index (κ2) is 26.0. The largest absolute Gasteiger partial charge is 0.481 e. The molecule has 0 spiro atoms. The third kappa shape index (κ3) is 19.4. The molecule has 0 bridgehead atoms. The van der Waals surface area contributed by atoms with Crippen LogP contribution in [0.25, 0.3) is 0 Å². The zero-order valence-corrected chi connectivity index (χ0v) is 29.6. The summed E-state index contributed by atoms with van der Waals surface area (Å²) in [6, 6.07) is -7.96. The Kier molecular flexibility index (Phi) is 24.0. The number of amides is 5. The lowest BCUT2D eigenvalue weighted by molar-refractivity contribution is -0.143. The number of carbonyl (C=O) groups is 7. The molecule has 0 rings (SSSR count). The Morgan fingerprint density at radius 2 is 1.00 bits per heavy atom. The molecule has 0 aromatic heterocycles. The van der Waals surface area contributed by atoms with Gasteiger partial charge < -0.3 is 65.0 Å². The van der Waals surface area contributed by atoms with Crippen LogP contribution in [0.3, 0.4) is 0 Å². The molecule has 0 radical (unpaired) electrons. The van der Waals surface area contributed by atoms with E-state index in [0.717, 1.165) is 0 Å². The second-order valence-corrected chi connectivity index (χ2v) is 12.0. The van der Waals surface area contributed by atoms with Crippen molar-refractivity contribution in [2.24, 2.45) is 22.9 Å². The van der Waals surface area contributed by atoms with Crippen LogP contribution in [0.5, 0.6) is 0 Å². The van der Waals surface area contributed by atoms with Crippen LogP contribution >= 0.6 is 25.3 Å². The number of hydrogen-bond acceptors (Lipinski definition) is 13.